The first-order chi connectivity index (χ1) is 7.13. The molecule has 0 saturated heterocycles. The lowest BCUT2D eigenvalue weighted by Crippen LogP contribution is -1.99. The van der Waals surface area contributed by atoms with Crippen LogP contribution in [0.3, 0.4) is 0 Å². The van der Waals surface area contributed by atoms with Gasteiger partial charge in [0.2, 0.25) is 5.13 Å². The van der Waals surface area contributed by atoms with Crippen LogP contribution in [-0.4, -0.2) is 27.0 Å². The molecule has 0 aliphatic carbocycles. The van der Waals surface area contributed by atoms with Crippen LogP contribution in [0.25, 0.3) is 0 Å². The summed E-state index contributed by atoms with van der Waals surface area (Å²) in [5.41, 5.74) is 5.82. The Bertz CT molecular complexity index is 376. The van der Waals surface area contributed by atoms with Gasteiger partial charge in [-0.05, 0) is 6.42 Å². The Balaban J connectivity index is 2.47. The van der Waals surface area contributed by atoms with Gasteiger partial charge >= 0.3 is 5.97 Å². The number of nitrogen functional groups attached to an aromatic ring is 1. The molecule has 0 unspecified atom stereocenters. The predicted octanol–water partition coefficient (Wildman–Crippen LogP) is 1.63. The Morgan fingerprint density at radius 2 is 2.40 bits per heavy atom. The molecule has 0 saturated carbocycles. The monoisotopic (exact) mass is 245 g/mol. The molecule has 0 aliphatic heterocycles. The van der Waals surface area contributed by atoms with Crippen LogP contribution < -0.4 is 5.73 Å². The number of carbonyl (C=O) groups is 1. The highest BCUT2D eigenvalue weighted by atomic mass is 32.2. The number of carboxylic acids is 1. The molecule has 1 aromatic rings. The van der Waals surface area contributed by atoms with E-state index >= 15 is 0 Å². The van der Waals surface area contributed by atoms with Gasteiger partial charge in [-0.2, -0.15) is 0 Å². The zero-order valence-electron chi connectivity index (χ0n) is 8.14. The molecule has 0 amide bonds. The van der Waals surface area contributed by atoms with E-state index in [-0.39, 0.29) is 0 Å². The van der Waals surface area contributed by atoms with E-state index < -0.39 is 5.97 Å². The van der Waals surface area contributed by atoms with Gasteiger partial charge in [0.05, 0.1) is 0 Å². The number of aromatic nitrogens is 2. The third-order valence-electron chi connectivity index (χ3n) is 1.61. The molecule has 0 aromatic carbocycles. The Morgan fingerprint density at radius 3 is 2.87 bits per heavy atom. The minimum atomic E-state index is -0.866. The molecule has 1 rings (SSSR count). The molecule has 1 aromatic heterocycles. The van der Waals surface area contributed by atoms with Crippen LogP contribution in [0.1, 0.15) is 13.3 Å². The zero-order valence-corrected chi connectivity index (χ0v) is 9.77. The number of nitrogens with two attached hydrogens (primary N) is 1. The van der Waals surface area contributed by atoms with E-state index in [1.54, 1.807) is 6.08 Å². The molecule has 0 spiro atoms. The van der Waals surface area contributed by atoms with E-state index in [2.05, 4.69) is 10.2 Å². The van der Waals surface area contributed by atoms with Gasteiger partial charge in [0, 0.05) is 11.3 Å². The molecule has 82 valence electrons. The summed E-state index contributed by atoms with van der Waals surface area (Å²) in [5, 5.41) is 16.6. The number of hydrogen-bond donors (Lipinski definition) is 2. The van der Waals surface area contributed by atoms with Gasteiger partial charge < -0.3 is 10.8 Å². The Hall–Kier alpha value is -1.08. The predicted molar refractivity (Wildman–Crippen MR) is 61.1 cm³/mol. The fourth-order valence-corrected chi connectivity index (χ4v) is 2.44. The minimum Gasteiger partial charge on any atom is -0.478 e. The number of carboxylic acid groups (broad SMARTS) is 1. The Labute approximate surface area is 95.4 Å². The largest absolute Gasteiger partial charge is 0.478 e. The van der Waals surface area contributed by atoms with Gasteiger partial charge in [-0.3, -0.25) is 0 Å². The van der Waals surface area contributed by atoms with Crippen LogP contribution in [0.4, 0.5) is 5.13 Å². The molecule has 7 heteroatoms. The van der Waals surface area contributed by atoms with Crippen molar-refractivity contribution in [2.45, 2.75) is 17.7 Å². The van der Waals surface area contributed by atoms with Crippen molar-refractivity contribution in [3.63, 3.8) is 0 Å². The highest BCUT2D eigenvalue weighted by Crippen LogP contribution is 2.23. The van der Waals surface area contributed by atoms with Gasteiger partial charge in [0.25, 0.3) is 0 Å². The SMILES string of the molecule is CCC(=CCSc1nnc(N)s1)C(=O)O. The first-order valence-electron chi connectivity index (χ1n) is 4.27. The van der Waals surface area contributed by atoms with Crippen LogP contribution in [0.2, 0.25) is 0 Å². The fraction of sp³-hybridized carbons (Fsp3) is 0.375. The Morgan fingerprint density at radius 1 is 1.67 bits per heavy atom. The normalized spacial score (nSPS) is 11.7. The summed E-state index contributed by atoms with van der Waals surface area (Å²) in [6.07, 6.45) is 2.21. The maximum Gasteiger partial charge on any atom is 0.331 e. The van der Waals surface area contributed by atoms with Crippen molar-refractivity contribution in [1.29, 1.82) is 0 Å². The van der Waals surface area contributed by atoms with E-state index in [4.69, 9.17) is 10.8 Å². The van der Waals surface area contributed by atoms with Gasteiger partial charge in [-0.15, -0.1) is 10.2 Å². The molecular formula is C8H11N3O2S2. The molecule has 0 fully saturated rings. The van der Waals surface area contributed by atoms with Crippen LogP contribution >= 0.6 is 23.1 Å². The third kappa shape index (κ3) is 3.88. The number of anilines is 1. The lowest BCUT2D eigenvalue weighted by Gasteiger charge is -1.96. The first kappa shape index (κ1) is 12.0. The van der Waals surface area contributed by atoms with Gasteiger partial charge in [-0.25, -0.2) is 4.79 Å². The molecule has 3 N–H and O–H groups in total. The van der Waals surface area contributed by atoms with Crippen molar-refractivity contribution in [3.8, 4) is 0 Å². The van der Waals surface area contributed by atoms with Crippen LogP contribution in [0.5, 0.6) is 0 Å². The fourth-order valence-electron chi connectivity index (χ4n) is 0.875. The van der Waals surface area contributed by atoms with Crippen molar-refractivity contribution in [3.05, 3.63) is 11.6 Å². The number of aliphatic carboxylic acids is 1. The summed E-state index contributed by atoms with van der Waals surface area (Å²) in [4.78, 5) is 10.7. The molecule has 1 heterocycles. The lowest BCUT2D eigenvalue weighted by molar-refractivity contribution is -0.132. The van der Waals surface area contributed by atoms with Crippen molar-refractivity contribution >= 4 is 34.2 Å². The number of thioether (sulfide) groups is 1. The standard InChI is InChI=1S/C8H11N3O2S2/c1-2-5(6(12)13)3-4-14-8-11-10-7(9)15-8/h3H,2,4H2,1H3,(H2,9,10)(H,12,13). The third-order valence-corrected chi connectivity index (χ3v) is 3.43. The Kier molecular flexibility index (Phi) is 4.57. The number of hydrogen-bond acceptors (Lipinski definition) is 6. The quantitative estimate of drug-likeness (QED) is 0.605. The second-order valence-electron chi connectivity index (χ2n) is 2.61. The minimum absolute atomic E-state index is 0.417. The molecule has 0 aliphatic rings. The van der Waals surface area contributed by atoms with E-state index in [0.717, 1.165) is 4.34 Å². The second-order valence-corrected chi connectivity index (χ2v) is 4.88. The molecule has 0 bridgehead atoms. The summed E-state index contributed by atoms with van der Waals surface area (Å²) >= 11 is 2.72. The number of nitrogens with zero attached hydrogens (tertiary/aromatic N) is 2. The molecular weight excluding hydrogens is 234 g/mol. The molecule has 5 nitrogen and oxygen atoms in total. The van der Waals surface area contributed by atoms with Crippen molar-refractivity contribution < 1.29 is 9.90 Å². The van der Waals surface area contributed by atoms with Gasteiger partial charge in [0.15, 0.2) is 4.34 Å². The number of rotatable bonds is 5. The average molecular weight is 245 g/mol. The zero-order chi connectivity index (χ0) is 11.3. The van der Waals surface area contributed by atoms with Crippen LogP contribution in [-0.2, 0) is 4.79 Å². The van der Waals surface area contributed by atoms with Gasteiger partial charge in [-0.1, -0.05) is 36.1 Å². The summed E-state index contributed by atoms with van der Waals surface area (Å²) < 4.78 is 0.754. The highest BCUT2D eigenvalue weighted by molar-refractivity contribution is 8.01. The van der Waals surface area contributed by atoms with E-state index in [9.17, 15) is 4.79 Å². The topological polar surface area (TPSA) is 89.1 Å². The smallest absolute Gasteiger partial charge is 0.331 e. The second kappa shape index (κ2) is 5.72. The summed E-state index contributed by atoms with van der Waals surface area (Å²) in [5.74, 6) is -0.292. The van der Waals surface area contributed by atoms with Crippen molar-refractivity contribution in [2.75, 3.05) is 11.5 Å². The van der Waals surface area contributed by atoms with E-state index in [1.165, 1.54) is 23.1 Å². The summed E-state index contributed by atoms with van der Waals surface area (Å²) in [6, 6.07) is 0. The summed E-state index contributed by atoms with van der Waals surface area (Å²) in [7, 11) is 0. The van der Waals surface area contributed by atoms with Crippen LogP contribution in [0, 0.1) is 0 Å². The van der Waals surface area contributed by atoms with E-state index in [0.29, 0.717) is 22.9 Å². The maximum atomic E-state index is 10.7. The van der Waals surface area contributed by atoms with Crippen LogP contribution in [0.15, 0.2) is 16.0 Å². The lowest BCUT2D eigenvalue weighted by atomic mass is 10.2. The molecule has 15 heavy (non-hydrogen) atoms. The van der Waals surface area contributed by atoms with E-state index in [1.807, 2.05) is 6.92 Å². The summed E-state index contributed by atoms with van der Waals surface area (Å²) in [6.45, 7) is 1.81. The maximum absolute atomic E-state index is 10.7. The van der Waals surface area contributed by atoms with Gasteiger partial charge in [0.1, 0.15) is 0 Å². The van der Waals surface area contributed by atoms with Crippen molar-refractivity contribution in [2.24, 2.45) is 0 Å². The average Bonchev–Trinajstić information content (AvgIpc) is 2.58. The molecule has 0 atom stereocenters. The molecule has 0 radical (unpaired) electrons. The first-order valence-corrected chi connectivity index (χ1v) is 6.07. The highest BCUT2D eigenvalue weighted by Gasteiger charge is 2.04. The van der Waals surface area contributed by atoms with Crippen molar-refractivity contribution in [1.82, 2.24) is 10.2 Å².